The average molecular weight is 273 g/mol. The van der Waals surface area contributed by atoms with Crippen molar-refractivity contribution in [3.63, 3.8) is 0 Å². The van der Waals surface area contributed by atoms with E-state index < -0.39 is 22.1 Å². The lowest BCUT2D eigenvalue weighted by Crippen LogP contribution is -1.99. The van der Waals surface area contributed by atoms with Crippen molar-refractivity contribution in [2.45, 2.75) is 6.92 Å². The quantitative estimate of drug-likeness (QED) is 0.524. The van der Waals surface area contributed by atoms with Crippen molar-refractivity contribution < 1.29 is 19.6 Å². The van der Waals surface area contributed by atoms with E-state index in [1.54, 1.807) is 30.3 Å². The molecule has 0 unspecified atom stereocenters. The highest BCUT2D eigenvalue weighted by molar-refractivity contribution is 5.98. The summed E-state index contributed by atoms with van der Waals surface area (Å²) in [7, 11) is 0. The van der Waals surface area contributed by atoms with Gasteiger partial charge in [0.2, 0.25) is 5.75 Å². The molecule has 1 N–H and O–H groups in total. The third-order valence-corrected chi connectivity index (χ3v) is 2.65. The van der Waals surface area contributed by atoms with Crippen LogP contribution >= 0.6 is 0 Å². The third-order valence-electron chi connectivity index (χ3n) is 2.65. The number of ether oxygens (including phenoxy) is 1. The Morgan fingerprint density at radius 2 is 1.85 bits per heavy atom. The summed E-state index contributed by atoms with van der Waals surface area (Å²) in [6.45, 7) is 1.26. The Kier molecular flexibility index (Phi) is 3.65. The molecular formula is C14H11NO5. The molecule has 0 aromatic heterocycles. The van der Waals surface area contributed by atoms with E-state index in [0.717, 1.165) is 6.07 Å². The van der Waals surface area contributed by atoms with Crippen LogP contribution in [0.25, 0.3) is 0 Å². The highest BCUT2D eigenvalue weighted by Gasteiger charge is 2.24. The van der Waals surface area contributed by atoms with Crippen molar-refractivity contribution in [3.8, 4) is 17.2 Å². The van der Waals surface area contributed by atoms with Crippen LogP contribution < -0.4 is 4.74 Å². The third kappa shape index (κ3) is 2.59. The van der Waals surface area contributed by atoms with Crippen molar-refractivity contribution in [1.82, 2.24) is 0 Å². The number of nitro benzene ring substituents is 1. The number of carbonyl (C=O) groups excluding carboxylic acids is 1. The molecule has 2 aromatic rings. The first kappa shape index (κ1) is 13.5. The molecule has 6 nitrogen and oxygen atoms in total. The highest BCUT2D eigenvalue weighted by atomic mass is 16.6. The summed E-state index contributed by atoms with van der Waals surface area (Å²) >= 11 is 0. The molecule has 0 amide bonds. The molecule has 20 heavy (non-hydrogen) atoms. The lowest BCUT2D eigenvalue weighted by atomic mass is 10.1. The second kappa shape index (κ2) is 5.40. The number of nitro groups is 1. The Bertz CT molecular complexity index is 667. The van der Waals surface area contributed by atoms with Crippen molar-refractivity contribution in [3.05, 3.63) is 58.1 Å². The summed E-state index contributed by atoms with van der Waals surface area (Å²) in [5.74, 6) is -0.952. The van der Waals surface area contributed by atoms with Crippen LogP contribution in [0.2, 0.25) is 0 Å². The van der Waals surface area contributed by atoms with E-state index in [0.29, 0.717) is 5.75 Å². The number of hydrogen-bond acceptors (Lipinski definition) is 5. The monoisotopic (exact) mass is 273 g/mol. The number of carbonyl (C=O) groups is 1. The first-order valence-electron chi connectivity index (χ1n) is 5.75. The van der Waals surface area contributed by atoms with Gasteiger partial charge in [0.05, 0.1) is 10.5 Å². The summed E-state index contributed by atoms with van der Waals surface area (Å²) in [6.07, 6.45) is 0. The van der Waals surface area contributed by atoms with E-state index in [4.69, 9.17) is 4.74 Å². The molecular weight excluding hydrogens is 262 g/mol. The first-order chi connectivity index (χ1) is 9.50. The molecule has 0 fully saturated rings. The van der Waals surface area contributed by atoms with Gasteiger partial charge in [-0.25, -0.2) is 0 Å². The number of ketones is 1. The van der Waals surface area contributed by atoms with Crippen LogP contribution in [0.5, 0.6) is 17.2 Å². The van der Waals surface area contributed by atoms with Crippen LogP contribution in [-0.4, -0.2) is 15.8 Å². The Morgan fingerprint density at radius 1 is 1.20 bits per heavy atom. The maximum atomic E-state index is 11.4. The van der Waals surface area contributed by atoms with Crippen molar-refractivity contribution in [1.29, 1.82) is 0 Å². The SMILES string of the molecule is CC(=O)c1ccc([N+](=O)[O-])c(Oc2ccccc2)c1O. The van der Waals surface area contributed by atoms with Gasteiger partial charge < -0.3 is 9.84 Å². The van der Waals surface area contributed by atoms with Gasteiger partial charge in [0.15, 0.2) is 11.5 Å². The van der Waals surface area contributed by atoms with E-state index in [1.165, 1.54) is 13.0 Å². The molecule has 0 aliphatic rings. The van der Waals surface area contributed by atoms with Crippen molar-refractivity contribution >= 4 is 11.5 Å². The smallest absolute Gasteiger partial charge is 0.315 e. The molecule has 2 aromatic carbocycles. The maximum Gasteiger partial charge on any atom is 0.315 e. The number of nitrogens with zero attached hydrogens (tertiary/aromatic N) is 1. The van der Waals surface area contributed by atoms with Crippen LogP contribution in [0, 0.1) is 10.1 Å². The van der Waals surface area contributed by atoms with Gasteiger partial charge in [0, 0.05) is 6.07 Å². The van der Waals surface area contributed by atoms with Gasteiger partial charge >= 0.3 is 5.69 Å². The number of benzene rings is 2. The van der Waals surface area contributed by atoms with E-state index in [-0.39, 0.29) is 11.3 Å². The van der Waals surface area contributed by atoms with Crippen LogP contribution in [0.1, 0.15) is 17.3 Å². The minimum Gasteiger partial charge on any atom is -0.504 e. The normalized spacial score (nSPS) is 10.1. The number of Topliss-reactive ketones (excluding diaryl/α,β-unsaturated/α-hetero) is 1. The molecule has 2 rings (SSSR count). The fourth-order valence-corrected chi connectivity index (χ4v) is 1.70. The molecule has 0 atom stereocenters. The van der Waals surface area contributed by atoms with Gasteiger partial charge in [-0.3, -0.25) is 14.9 Å². The van der Waals surface area contributed by atoms with Gasteiger partial charge in [-0.1, -0.05) is 18.2 Å². The lowest BCUT2D eigenvalue weighted by molar-refractivity contribution is -0.385. The fraction of sp³-hybridized carbons (Fsp3) is 0.0714. The van der Waals surface area contributed by atoms with Gasteiger partial charge in [-0.05, 0) is 25.1 Å². The molecule has 0 saturated heterocycles. The number of phenolic OH excluding ortho intramolecular Hbond substituents is 1. The van der Waals surface area contributed by atoms with Crippen LogP contribution in [0.4, 0.5) is 5.69 Å². The molecule has 0 aliphatic heterocycles. The number of hydrogen-bond donors (Lipinski definition) is 1. The Labute approximate surface area is 114 Å². The minimum absolute atomic E-state index is 0.0264. The zero-order valence-electron chi connectivity index (χ0n) is 10.6. The molecule has 0 saturated carbocycles. The summed E-state index contributed by atoms with van der Waals surface area (Å²) in [5, 5.41) is 21.0. The lowest BCUT2D eigenvalue weighted by Gasteiger charge is -2.10. The number of aromatic hydroxyl groups is 1. The minimum atomic E-state index is -0.679. The first-order valence-corrected chi connectivity index (χ1v) is 5.75. The largest absolute Gasteiger partial charge is 0.504 e. The molecule has 0 aliphatic carbocycles. The molecule has 102 valence electrons. The molecule has 6 heteroatoms. The zero-order valence-corrected chi connectivity index (χ0v) is 10.6. The van der Waals surface area contributed by atoms with E-state index in [9.17, 15) is 20.0 Å². The topological polar surface area (TPSA) is 89.7 Å². The zero-order chi connectivity index (χ0) is 14.7. The molecule has 0 bridgehead atoms. The van der Waals surface area contributed by atoms with Gasteiger partial charge in [0.25, 0.3) is 0 Å². The van der Waals surface area contributed by atoms with Gasteiger partial charge in [-0.2, -0.15) is 0 Å². The van der Waals surface area contributed by atoms with Crippen LogP contribution in [0.15, 0.2) is 42.5 Å². The number of para-hydroxylation sites is 1. The van der Waals surface area contributed by atoms with Crippen molar-refractivity contribution in [2.75, 3.05) is 0 Å². The highest BCUT2D eigenvalue weighted by Crippen LogP contribution is 2.41. The van der Waals surface area contributed by atoms with Gasteiger partial charge in [0.1, 0.15) is 5.75 Å². The van der Waals surface area contributed by atoms with E-state index in [1.807, 2.05) is 0 Å². The summed E-state index contributed by atoms with van der Waals surface area (Å²) in [5.41, 5.74) is -0.433. The van der Waals surface area contributed by atoms with Crippen LogP contribution in [0.3, 0.4) is 0 Å². The predicted octanol–water partition coefficient (Wildman–Crippen LogP) is 3.30. The Balaban J connectivity index is 2.56. The van der Waals surface area contributed by atoms with Crippen molar-refractivity contribution in [2.24, 2.45) is 0 Å². The van der Waals surface area contributed by atoms with E-state index >= 15 is 0 Å². The summed E-state index contributed by atoms with van der Waals surface area (Å²) in [6, 6.07) is 10.6. The summed E-state index contributed by atoms with van der Waals surface area (Å²) < 4.78 is 5.35. The average Bonchev–Trinajstić information content (AvgIpc) is 2.41. The summed E-state index contributed by atoms with van der Waals surface area (Å²) in [4.78, 5) is 21.7. The number of rotatable bonds is 4. The Morgan fingerprint density at radius 3 is 2.40 bits per heavy atom. The fourth-order valence-electron chi connectivity index (χ4n) is 1.70. The maximum absolute atomic E-state index is 11.4. The molecule has 0 spiro atoms. The van der Waals surface area contributed by atoms with E-state index in [2.05, 4.69) is 0 Å². The molecule has 0 radical (unpaired) electrons. The van der Waals surface area contributed by atoms with Gasteiger partial charge in [-0.15, -0.1) is 0 Å². The predicted molar refractivity (Wildman–Crippen MR) is 71.3 cm³/mol. The number of phenols is 1. The van der Waals surface area contributed by atoms with Crippen LogP contribution in [-0.2, 0) is 0 Å². The Hall–Kier alpha value is -2.89. The second-order valence-electron chi connectivity index (χ2n) is 4.04. The standard InChI is InChI=1S/C14H11NO5/c1-9(16)11-7-8-12(15(18)19)14(13(11)17)20-10-5-3-2-4-6-10/h2-8,17H,1H3. The second-order valence-corrected chi connectivity index (χ2v) is 4.04. The molecule has 0 heterocycles.